The molecule has 10 nitrogen and oxygen atoms in total. The van der Waals surface area contributed by atoms with Gasteiger partial charge in [-0.25, -0.2) is 19.4 Å². The highest BCUT2D eigenvalue weighted by molar-refractivity contribution is 6.21. The summed E-state index contributed by atoms with van der Waals surface area (Å²) in [5.74, 6) is -4.78. The molecule has 0 aliphatic rings. The molecule has 2 heterocycles. The van der Waals surface area contributed by atoms with Gasteiger partial charge in [0.2, 0.25) is 0 Å². The number of rotatable bonds is 3. The molecule has 0 fully saturated rings. The summed E-state index contributed by atoms with van der Waals surface area (Å²) in [7, 11) is 0. The summed E-state index contributed by atoms with van der Waals surface area (Å²) < 4.78 is 0. The highest BCUT2D eigenvalue weighted by Gasteiger charge is 2.24. The van der Waals surface area contributed by atoms with Gasteiger partial charge in [-0.1, -0.05) is 0 Å². The minimum absolute atomic E-state index is 0.0450. The van der Waals surface area contributed by atoms with E-state index >= 15 is 0 Å². The van der Waals surface area contributed by atoms with Crippen molar-refractivity contribution >= 4 is 45.4 Å². The number of H-pyrrole nitrogens is 1. The van der Waals surface area contributed by atoms with E-state index in [4.69, 9.17) is 15.9 Å². The fraction of sp³-hybridized carbons (Fsp3) is 0. The number of carbonyl (C=O) groups is 3. The van der Waals surface area contributed by atoms with E-state index < -0.39 is 40.6 Å². The van der Waals surface area contributed by atoms with Crippen LogP contribution in [-0.2, 0) is 0 Å². The van der Waals surface area contributed by atoms with Crippen LogP contribution in [0.3, 0.4) is 0 Å². The lowest BCUT2D eigenvalue weighted by Gasteiger charge is -2.11. The summed E-state index contributed by atoms with van der Waals surface area (Å²) in [5, 5.41) is 37.5. The number of nitrogen functional groups attached to an aromatic ring is 1. The molecule has 3 rings (SSSR count). The van der Waals surface area contributed by atoms with Crippen LogP contribution >= 0.6 is 0 Å². The average molecular weight is 331 g/mol. The van der Waals surface area contributed by atoms with Gasteiger partial charge in [-0.3, -0.25) is 0 Å². The average Bonchev–Trinajstić information content (AvgIpc) is 2.96. The fourth-order valence-electron chi connectivity index (χ4n) is 2.48. The number of phenolic OH excluding ortho intramolecular Hbond substituents is 1. The maximum atomic E-state index is 11.5. The smallest absolute Gasteiger partial charge is 0.354 e. The van der Waals surface area contributed by atoms with Gasteiger partial charge in [0.1, 0.15) is 17.1 Å². The Morgan fingerprint density at radius 3 is 2.25 bits per heavy atom. The van der Waals surface area contributed by atoms with Gasteiger partial charge in [-0.2, -0.15) is 0 Å². The number of anilines is 1. The van der Waals surface area contributed by atoms with Crippen molar-refractivity contribution in [2.75, 3.05) is 5.73 Å². The molecule has 0 saturated heterocycles. The molecule has 0 unspecified atom stereocenters. The minimum atomic E-state index is -1.46. The van der Waals surface area contributed by atoms with E-state index in [2.05, 4.69) is 9.97 Å². The second-order valence-electron chi connectivity index (χ2n) is 4.93. The number of pyridine rings is 1. The van der Waals surface area contributed by atoms with Crippen molar-refractivity contribution in [2.24, 2.45) is 0 Å². The molecule has 0 spiro atoms. The van der Waals surface area contributed by atoms with Crippen LogP contribution in [0, 0.1) is 0 Å². The third kappa shape index (κ3) is 1.97. The lowest BCUT2D eigenvalue weighted by Crippen LogP contribution is -2.08. The Morgan fingerprint density at radius 1 is 1.04 bits per heavy atom. The molecule has 0 amide bonds. The van der Waals surface area contributed by atoms with E-state index in [9.17, 15) is 24.6 Å². The van der Waals surface area contributed by atoms with Crippen molar-refractivity contribution in [2.45, 2.75) is 0 Å². The molecular weight excluding hydrogens is 322 g/mol. The number of phenols is 1. The van der Waals surface area contributed by atoms with Crippen molar-refractivity contribution in [3.05, 3.63) is 29.1 Å². The first-order valence-electron chi connectivity index (χ1n) is 6.40. The second-order valence-corrected chi connectivity index (χ2v) is 4.93. The van der Waals surface area contributed by atoms with E-state index in [1.165, 1.54) is 0 Å². The molecule has 2 aromatic heterocycles. The maximum absolute atomic E-state index is 11.5. The van der Waals surface area contributed by atoms with E-state index in [1.807, 2.05) is 0 Å². The number of nitrogens with two attached hydrogens (primary N) is 1. The quantitative estimate of drug-likeness (QED) is 0.301. The SMILES string of the molecule is Nc1c(O)c2cc(C(=O)O)nc2c2c(C(=O)O)cc(C(=O)O)[nH]c12. The second kappa shape index (κ2) is 4.84. The van der Waals surface area contributed by atoms with Crippen LogP contribution in [0.5, 0.6) is 5.75 Å². The first kappa shape index (κ1) is 15.1. The summed E-state index contributed by atoms with van der Waals surface area (Å²) in [6, 6.07) is 1.93. The number of aromatic hydroxyl groups is 1. The zero-order valence-corrected chi connectivity index (χ0v) is 11.7. The minimum Gasteiger partial charge on any atom is -0.505 e. The largest absolute Gasteiger partial charge is 0.505 e. The number of aromatic carboxylic acids is 3. The Labute approximate surface area is 131 Å². The number of aromatic amines is 1. The van der Waals surface area contributed by atoms with E-state index in [1.54, 1.807) is 0 Å². The summed E-state index contributed by atoms with van der Waals surface area (Å²) in [5.41, 5.74) is 3.87. The summed E-state index contributed by atoms with van der Waals surface area (Å²) in [6.45, 7) is 0. The highest BCUT2D eigenvalue weighted by atomic mass is 16.4. The molecule has 0 saturated carbocycles. The number of aromatic nitrogens is 2. The molecule has 0 aliphatic carbocycles. The maximum Gasteiger partial charge on any atom is 0.354 e. The topological polar surface area (TPSA) is 187 Å². The highest BCUT2D eigenvalue weighted by Crippen LogP contribution is 2.40. The van der Waals surface area contributed by atoms with Gasteiger partial charge in [-0.15, -0.1) is 0 Å². The van der Waals surface area contributed by atoms with Crippen LogP contribution in [0.4, 0.5) is 5.69 Å². The number of carboxylic acid groups (broad SMARTS) is 3. The van der Waals surface area contributed by atoms with Crippen LogP contribution in [-0.4, -0.2) is 48.3 Å². The van der Waals surface area contributed by atoms with Crippen LogP contribution in [0.2, 0.25) is 0 Å². The molecule has 7 N–H and O–H groups in total. The van der Waals surface area contributed by atoms with Gasteiger partial charge in [0.15, 0.2) is 0 Å². The molecule has 3 aromatic rings. The van der Waals surface area contributed by atoms with Crippen LogP contribution in [0.25, 0.3) is 21.8 Å². The number of nitrogens with zero attached hydrogens (tertiary/aromatic N) is 1. The van der Waals surface area contributed by atoms with Crippen molar-refractivity contribution in [3.63, 3.8) is 0 Å². The van der Waals surface area contributed by atoms with E-state index in [0.29, 0.717) is 0 Å². The normalized spacial score (nSPS) is 11.0. The monoisotopic (exact) mass is 331 g/mol. The van der Waals surface area contributed by atoms with Crippen molar-refractivity contribution in [1.82, 2.24) is 9.97 Å². The molecule has 0 aliphatic heterocycles. The predicted octanol–water partition coefficient (Wildman–Crippen LogP) is 1.10. The molecule has 10 heteroatoms. The molecule has 0 bridgehead atoms. The Morgan fingerprint density at radius 2 is 1.71 bits per heavy atom. The molecule has 1 aromatic carbocycles. The first-order chi connectivity index (χ1) is 11.2. The van der Waals surface area contributed by atoms with Gasteiger partial charge in [0.25, 0.3) is 0 Å². The third-order valence-electron chi connectivity index (χ3n) is 3.53. The molecule has 0 atom stereocenters. The van der Waals surface area contributed by atoms with E-state index in [0.717, 1.165) is 12.1 Å². The van der Waals surface area contributed by atoms with E-state index in [-0.39, 0.29) is 27.5 Å². The molecule has 24 heavy (non-hydrogen) atoms. The zero-order chi connectivity index (χ0) is 17.8. The first-order valence-corrected chi connectivity index (χ1v) is 6.40. The van der Waals surface area contributed by atoms with Crippen molar-refractivity contribution in [1.29, 1.82) is 0 Å². The van der Waals surface area contributed by atoms with Crippen LogP contribution in [0.1, 0.15) is 31.3 Å². The number of fused-ring (bicyclic) bond motifs is 3. The van der Waals surface area contributed by atoms with Crippen molar-refractivity contribution < 1.29 is 34.8 Å². The number of benzene rings is 1. The number of nitrogens with one attached hydrogen (secondary N) is 1. The zero-order valence-electron chi connectivity index (χ0n) is 11.7. The number of hydrogen-bond donors (Lipinski definition) is 6. The summed E-state index contributed by atoms with van der Waals surface area (Å²) in [4.78, 5) is 40.0. The molecule has 0 radical (unpaired) electrons. The lowest BCUT2D eigenvalue weighted by atomic mass is 10.0. The van der Waals surface area contributed by atoms with Gasteiger partial charge in [-0.05, 0) is 12.1 Å². The Hall–Kier alpha value is -3.82. The van der Waals surface area contributed by atoms with Crippen molar-refractivity contribution in [3.8, 4) is 5.75 Å². The van der Waals surface area contributed by atoms with Gasteiger partial charge in [0.05, 0.1) is 22.3 Å². The molecule has 122 valence electrons. The Bertz CT molecular complexity index is 1070. The lowest BCUT2D eigenvalue weighted by molar-refractivity contribution is 0.0678. The predicted molar refractivity (Wildman–Crippen MR) is 80.6 cm³/mol. The van der Waals surface area contributed by atoms with Crippen LogP contribution < -0.4 is 5.73 Å². The van der Waals surface area contributed by atoms with Gasteiger partial charge >= 0.3 is 17.9 Å². The Balaban J connectivity index is 2.62. The van der Waals surface area contributed by atoms with Gasteiger partial charge < -0.3 is 31.1 Å². The number of hydrogen-bond acceptors (Lipinski definition) is 6. The molecular formula is C14H9N3O7. The van der Waals surface area contributed by atoms with Gasteiger partial charge in [0, 0.05) is 10.8 Å². The standard InChI is InChI=1S/C14H9N3O7/c15-8-10-7(3(12(19)20)1-5(17-10)13(21)22)9-4(11(8)18)2-6(16-9)14(23)24/h1-2,17-18H,15H2,(H,19,20)(H,21,22)(H,23,24). The third-order valence-corrected chi connectivity index (χ3v) is 3.53. The summed E-state index contributed by atoms with van der Waals surface area (Å²) >= 11 is 0. The Kier molecular flexibility index (Phi) is 3.04. The number of carboxylic acids is 3. The van der Waals surface area contributed by atoms with Crippen LogP contribution in [0.15, 0.2) is 12.1 Å². The summed E-state index contributed by atoms with van der Waals surface area (Å²) in [6.07, 6.45) is 0. The fourth-order valence-corrected chi connectivity index (χ4v) is 2.48.